The lowest BCUT2D eigenvalue weighted by molar-refractivity contribution is 0.207. The summed E-state index contributed by atoms with van der Waals surface area (Å²) in [5.74, 6) is 0.222. The minimum Gasteiger partial charge on any atom is -0.341 e. The van der Waals surface area contributed by atoms with Gasteiger partial charge in [-0.2, -0.15) is 0 Å². The van der Waals surface area contributed by atoms with Crippen molar-refractivity contribution in [2.24, 2.45) is 5.92 Å². The van der Waals surface area contributed by atoms with Gasteiger partial charge < -0.3 is 10.2 Å². The van der Waals surface area contributed by atoms with Crippen molar-refractivity contribution >= 4 is 6.03 Å². The average Bonchev–Trinajstić information content (AvgIpc) is 2.46. The van der Waals surface area contributed by atoms with Crippen LogP contribution in [0, 0.1) is 5.92 Å². The summed E-state index contributed by atoms with van der Waals surface area (Å²) in [4.78, 5) is 13.4. The number of hydrogen-bond donors (Lipinski definition) is 1. The third-order valence-electron chi connectivity index (χ3n) is 3.46. The standard InChI is InChI=1S/C17H30N2O/c1-7-9-11-14(3)16(15(4)12-10-8-2)13-19(6)17(20)18-5/h8,10,12,16H,3,7,9,11,13H2,1-2,4-6H3,(H,18,20)/b10-8-,15-12+. The third-order valence-corrected chi connectivity index (χ3v) is 3.46. The van der Waals surface area contributed by atoms with E-state index in [4.69, 9.17) is 0 Å². The Kier molecular flexibility index (Phi) is 9.52. The summed E-state index contributed by atoms with van der Waals surface area (Å²) in [7, 11) is 3.48. The van der Waals surface area contributed by atoms with Gasteiger partial charge in [0.1, 0.15) is 0 Å². The minimum atomic E-state index is -0.0582. The monoisotopic (exact) mass is 278 g/mol. The van der Waals surface area contributed by atoms with E-state index < -0.39 is 0 Å². The maximum atomic E-state index is 11.7. The molecular weight excluding hydrogens is 248 g/mol. The van der Waals surface area contributed by atoms with Gasteiger partial charge in [0.25, 0.3) is 0 Å². The molecule has 0 aliphatic rings. The molecule has 0 saturated carbocycles. The van der Waals surface area contributed by atoms with Crippen LogP contribution in [0.25, 0.3) is 0 Å². The quantitative estimate of drug-likeness (QED) is 0.525. The first-order valence-corrected chi connectivity index (χ1v) is 7.37. The number of nitrogens with one attached hydrogen (secondary N) is 1. The van der Waals surface area contributed by atoms with E-state index in [0.29, 0.717) is 6.54 Å². The maximum absolute atomic E-state index is 11.7. The molecule has 1 atom stereocenters. The Morgan fingerprint density at radius 3 is 2.60 bits per heavy atom. The van der Waals surface area contributed by atoms with Crippen molar-refractivity contribution in [1.82, 2.24) is 10.2 Å². The molecule has 0 fully saturated rings. The molecule has 0 rings (SSSR count). The Balaban J connectivity index is 4.96. The number of nitrogens with zero attached hydrogens (tertiary/aromatic N) is 1. The van der Waals surface area contributed by atoms with Crippen molar-refractivity contribution in [1.29, 1.82) is 0 Å². The lowest BCUT2D eigenvalue weighted by Gasteiger charge is -2.26. The second-order valence-electron chi connectivity index (χ2n) is 5.19. The van der Waals surface area contributed by atoms with Crippen LogP contribution in [0.4, 0.5) is 4.79 Å². The van der Waals surface area contributed by atoms with E-state index in [-0.39, 0.29) is 11.9 Å². The van der Waals surface area contributed by atoms with Crippen LogP contribution in [0.5, 0.6) is 0 Å². The van der Waals surface area contributed by atoms with E-state index in [1.54, 1.807) is 11.9 Å². The Hall–Kier alpha value is -1.51. The van der Waals surface area contributed by atoms with Gasteiger partial charge in [-0.05, 0) is 26.7 Å². The molecule has 0 aromatic rings. The molecule has 0 aliphatic heterocycles. The normalized spacial score (nSPS) is 13.3. The van der Waals surface area contributed by atoms with Crippen molar-refractivity contribution in [2.75, 3.05) is 20.6 Å². The predicted octanol–water partition coefficient (Wildman–Crippen LogP) is 4.14. The zero-order valence-corrected chi connectivity index (χ0v) is 13.7. The fourth-order valence-electron chi connectivity index (χ4n) is 2.08. The van der Waals surface area contributed by atoms with Crippen LogP contribution in [0.1, 0.15) is 40.0 Å². The average molecular weight is 278 g/mol. The summed E-state index contributed by atoms with van der Waals surface area (Å²) in [5.41, 5.74) is 2.46. The van der Waals surface area contributed by atoms with Gasteiger partial charge in [0.15, 0.2) is 0 Å². The van der Waals surface area contributed by atoms with Crippen LogP contribution in [-0.2, 0) is 0 Å². The van der Waals surface area contributed by atoms with Gasteiger partial charge in [-0.3, -0.25) is 0 Å². The molecule has 0 aromatic heterocycles. The van der Waals surface area contributed by atoms with E-state index >= 15 is 0 Å². The van der Waals surface area contributed by atoms with Crippen LogP contribution in [0.2, 0.25) is 0 Å². The van der Waals surface area contributed by atoms with E-state index in [2.05, 4.69) is 31.8 Å². The van der Waals surface area contributed by atoms with Crippen molar-refractivity contribution in [3.8, 4) is 0 Å². The zero-order chi connectivity index (χ0) is 15.5. The van der Waals surface area contributed by atoms with Crippen LogP contribution in [0.15, 0.2) is 36.0 Å². The maximum Gasteiger partial charge on any atom is 0.316 e. The molecule has 0 spiro atoms. The number of hydrogen-bond acceptors (Lipinski definition) is 1. The molecular formula is C17H30N2O. The van der Waals surface area contributed by atoms with Gasteiger partial charge in [0.2, 0.25) is 0 Å². The molecule has 20 heavy (non-hydrogen) atoms. The van der Waals surface area contributed by atoms with Gasteiger partial charge in [-0.1, -0.05) is 49.3 Å². The highest BCUT2D eigenvalue weighted by Crippen LogP contribution is 2.24. The molecule has 1 unspecified atom stereocenters. The van der Waals surface area contributed by atoms with Gasteiger partial charge in [0.05, 0.1) is 0 Å². The van der Waals surface area contributed by atoms with Gasteiger partial charge >= 0.3 is 6.03 Å². The van der Waals surface area contributed by atoms with Gasteiger partial charge in [-0.15, -0.1) is 0 Å². The van der Waals surface area contributed by atoms with Crippen molar-refractivity contribution in [3.05, 3.63) is 36.0 Å². The Morgan fingerprint density at radius 2 is 2.10 bits per heavy atom. The SMILES string of the molecule is C=C(CCCC)C(CN(C)C(=O)NC)/C(C)=C/C=C\C. The number of amides is 2. The van der Waals surface area contributed by atoms with E-state index in [1.807, 2.05) is 26.1 Å². The topological polar surface area (TPSA) is 32.3 Å². The molecule has 1 N–H and O–H groups in total. The first kappa shape index (κ1) is 18.5. The summed E-state index contributed by atoms with van der Waals surface area (Å²) in [5, 5.41) is 2.66. The highest BCUT2D eigenvalue weighted by atomic mass is 16.2. The Labute approximate surface area is 124 Å². The molecule has 3 nitrogen and oxygen atoms in total. The highest BCUT2D eigenvalue weighted by Gasteiger charge is 2.18. The minimum absolute atomic E-state index is 0.0582. The second kappa shape index (κ2) is 10.3. The smallest absolute Gasteiger partial charge is 0.316 e. The van der Waals surface area contributed by atoms with Crippen molar-refractivity contribution < 1.29 is 4.79 Å². The first-order chi connectivity index (χ1) is 9.47. The summed E-state index contributed by atoms with van der Waals surface area (Å²) in [6.45, 7) is 11.2. The van der Waals surface area contributed by atoms with Crippen LogP contribution in [0.3, 0.4) is 0 Å². The van der Waals surface area contributed by atoms with Crippen LogP contribution < -0.4 is 5.32 Å². The van der Waals surface area contributed by atoms with Gasteiger partial charge in [0, 0.05) is 26.6 Å². The van der Waals surface area contributed by atoms with E-state index in [0.717, 1.165) is 19.3 Å². The van der Waals surface area contributed by atoms with Gasteiger partial charge in [-0.25, -0.2) is 4.79 Å². The van der Waals surface area contributed by atoms with E-state index in [9.17, 15) is 4.79 Å². The van der Waals surface area contributed by atoms with Crippen molar-refractivity contribution in [3.63, 3.8) is 0 Å². The number of urea groups is 1. The predicted molar refractivity (Wildman–Crippen MR) is 87.8 cm³/mol. The first-order valence-electron chi connectivity index (χ1n) is 7.37. The molecule has 0 aromatic carbocycles. The highest BCUT2D eigenvalue weighted by molar-refractivity contribution is 5.73. The molecule has 2 amide bonds. The Bertz CT molecular complexity index is 369. The molecule has 3 heteroatoms. The van der Waals surface area contributed by atoms with Crippen LogP contribution in [-0.4, -0.2) is 31.6 Å². The number of carbonyl (C=O) groups is 1. The second-order valence-corrected chi connectivity index (χ2v) is 5.19. The fourth-order valence-corrected chi connectivity index (χ4v) is 2.08. The lowest BCUT2D eigenvalue weighted by atomic mass is 9.89. The molecule has 0 bridgehead atoms. The number of rotatable bonds is 8. The Morgan fingerprint density at radius 1 is 1.45 bits per heavy atom. The largest absolute Gasteiger partial charge is 0.341 e. The number of carbonyl (C=O) groups excluding carboxylic acids is 1. The molecule has 0 heterocycles. The zero-order valence-electron chi connectivity index (χ0n) is 13.7. The summed E-state index contributed by atoms with van der Waals surface area (Å²) < 4.78 is 0. The molecule has 0 aliphatic carbocycles. The lowest BCUT2D eigenvalue weighted by Crippen LogP contribution is -2.38. The van der Waals surface area contributed by atoms with E-state index in [1.165, 1.54) is 11.1 Å². The third kappa shape index (κ3) is 6.60. The number of unbranched alkanes of at least 4 members (excludes halogenated alkanes) is 1. The molecule has 0 saturated heterocycles. The van der Waals surface area contributed by atoms with Crippen molar-refractivity contribution in [2.45, 2.75) is 40.0 Å². The number of allylic oxidation sites excluding steroid dienone is 3. The molecule has 114 valence electrons. The molecule has 0 radical (unpaired) electrons. The summed E-state index contributed by atoms with van der Waals surface area (Å²) >= 11 is 0. The summed E-state index contributed by atoms with van der Waals surface area (Å²) in [6, 6.07) is -0.0582. The summed E-state index contributed by atoms with van der Waals surface area (Å²) in [6.07, 6.45) is 9.49. The van der Waals surface area contributed by atoms with Crippen LogP contribution >= 0.6 is 0 Å². The fraction of sp³-hybridized carbons (Fsp3) is 0.588.